The minimum atomic E-state index is -1.60. The van der Waals surface area contributed by atoms with Gasteiger partial charge in [-0.2, -0.15) is 18.7 Å². The molecule has 4 nitrogen and oxygen atoms in total. The first-order valence-electron chi connectivity index (χ1n) is 6.48. The van der Waals surface area contributed by atoms with Gasteiger partial charge in [-0.15, -0.1) is 5.10 Å². The average molecular weight is 323 g/mol. The van der Waals surface area contributed by atoms with E-state index in [-0.39, 0.29) is 11.8 Å². The second kappa shape index (κ2) is 6.07. The highest BCUT2D eigenvalue weighted by atomic mass is 19.2. The summed E-state index contributed by atoms with van der Waals surface area (Å²) in [6.07, 6.45) is 1.32. The molecule has 8 heteroatoms. The summed E-state index contributed by atoms with van der Waals surface area (Å²) >= 11 is 0. The van der Waals surface area contributed by atoms with Crippen molar-refractivity contribution in [1.29, 1.82) is 0 Å². The molecular weight excluding hydrogens is 314 g/mol. The minimum absolute atomic E-state index is 0.114. The molecule has 0 aliphatic carbocycles. The van der Waals surface area contributed by atoms with Gasteiger partial charge in [0.25, 0.3) is 0 Å². The smallest absolute Gasteiger partial charge is 0.203 e. The monoisotopic (exact) mass is 323 g/mol. The second-order valence-corrected chi connectivity index (χ2v) is 4.55. The minimum Gasteiger partial charge on any atom is -0.481 e. The zero-order valence-corrected chi connectivity index (χ0v) is 11.5. The molecule has 0 unspecified atom stereocenters. The maximum Gasteiger partial charge on any atom is 0.203 e. The van der Waals surface area contributed by atoms with Gasteiger partial charge in [0.1, 0.15) is 12.3 Å². The predicted molar refractivity (Wildman–Crippen MR) is 72.0 cm³/mol. The Morgan fingerprint density at radius 3 is 2.26 bits per heavy atom. The van der Waals surface area contributed by atoms with Gasteiger partial charge in [-0.25, -0.2) is 8.78 Å². The van der Waals surface area contributed by atoms with Crippen molar-refractivity contribution in [3.8, 4) is 11.4 Å². The Hall–Kier alpha value is -2.90. The van der Waals surface area contributed by atoms with Crippen LogP contribution >= 0.6 is 0 Å². The fourth-order valence-electron chi connectivity index (χ4n) is 1.87. The quantitative estimate of drug-likeness (QED) is 0.546. The van der Waals surface area contributed by atoms with Crippen molar-refractivity contribution in [2.45, 2.75) is 6.61 Å². The van der Waals surface area contributed by atoms with Crippen LogP contribution in [0.15, 0.2) is 42.6 Å². The molecule has 1 aromatic heterocycles. The van der Waals surface area contributed by atoms with Crippen LogP contribution in [0, 0.1) is 23.3 Å². The average Bonchev–Trinajstić information content (AvgIpc) is 3.03. The molecule has 0 aliphatic rings. The van der Waals surface area contributed by atoms with E-state index >= 15 is 0 Å². The fourth-order valence-corrected chi connectivity index (χ4v) is 1.87. The summed E-state index contributed by atoms with van der Waals surface area (Å²) in [4.78, 5) is 1.29. The Labute approximate surface area is 127 Å². The Kier molecular flexibility index (Phi) is 3.96. The van der Waals surface area contributed by atoms with Crippen LogP contribution in [0.5, 0.6) is 5.75 Å². The maximum absolute atomic E-state index is 13.5. The Balaban J connectivity index is 1.79. The summed E-state index contributed by atoms with van der Waals surface area (Å²) in [5.74, 6) is -7.39. The Morgan fingerprint density at radius 2 is 1.61 bits per heavy atom. The van der Waals surface area contributed by atoms with Crippen LogP contribution < -0.4 is 4.74 Å². The van der Waals surface area contributed by atoms with Gasteiger partial charge in [0.2, 0.25) is 11.6 Å². The summed E-state index contributed by atoms with van der Waals surface area (Å²) in [5, 5.41) is 8.02. The van der Waals surface area contributed by atoms with Crippen LogP contribution in [0.25, 0.3) is 5.69 Å². The van der Waals surface area contributed by atoms with Crippen molar-refractivity contribution < 1.29 is 22.3 Å². The second-order valence-electron chi connectivity index (χ2n) is 4.55. The van der Waals surface area contributed by atoms with Gasteiger partial charge in [-0.3, -0.25) is 0 Å². The van der Waals surface area contributed by atoms with Crippen molar-refractivity contribution in [2.75, 3.05) is 0 Å². The third-order valence-electron chi connectivity index (χ3n) is 2.96. The molecule has 0 radical (unpaired) electrons. The SMILES string of the molecule is Fc1cc(F)c(F)c(OCc2cnn(-c3ccccc3)n2)c1F. The molecule has 0 bridgehead atoms. The van der Waals surface area contributed by atoms with Crippen LogP contribution in [0.3, 0.4) is 0 Å². The summed E-state index contributed by atoms with van der Waals surface area (Å²) < 4.78 is 57.9. The van der Waals surface area contributed by atoms with E-state index in [1.54, 1.807) is 24.3 Å². The predicted octanol–water partition coefficient (Wildman–Crippen LogP) is 3.40. The molecule has 118 valence electrons. The summed E-state index contributed by atoms with van der Waals surface area (Å²) in [5.41, 5.74) is 0.908. The first kappa shape index (κ1) is 15.0. The van der Waals surface area contributed by atoms with E-state index in [2.05, 4.69) is 10.2 Å². The molecule has 3 aromatic rings. The van der Waals surface area contributed by atoms with Crippen molar-refractivity contribution in [3.05, 3.63) is 71.6 Å². The lowest BCUT2D eigenvalue weighted by molar-refractivity contribution is 0.258. The van der Waals surface area contributed by atoms with Gasteiger partial charge in [-0.05, 0) is 12.1 Å². The van der Waals surface area contributed by atoms with Crippen LogP contribution in [-0.2, 0) is 6.61 Å². The first-order chi connectivity index (χ1) is 11.1. The lowest BCUT2D eigenvalue weighted by Crippen LogP contribution is -2.05. The van der Waals surface area contributed by atoms with E-state index in [0.717, 1.165) is 0 Å². The standard InChI is InChI=1S/C15H9F4N3O/c16-11-6-12(17)14(19)15(13(11)18)23-8-9-7-20-22(21-9)10-4-2-1-3-5-10/h1-7H,8H2. The molecule has 2 aromatic carbocycles. The summed E-state index contributed by atoms with van der Waals surface area (Å²) in [7, 11) is 0. The third-order valence-corrected chi connectivity index (χ3v) is 2.96. The number of halogens is 4. The highest BCUT2D eigenvalue weighted by Crippen LogP contribution is 2.27. The lowest BCUT2D eigenvalue weighted by atomic mass is 10.3. The molecule has 0 saturated heterocycles. The molecule has 0 aliphatic heterocycles. The number of benzene rings is 2. The topological polar surface area (TPSA) is 39.9 Å². The highest BCUT2D eigenvalue weighted by molar-refractivity contribution is 5.29. The van der Waals surface area contributed by atoms with E-state index in [1.807, 2.05) is 6.07 Å². The van der Waals surface area contributed by atoms with Gasteiger partial charge in [0.15, 0.2) is 17.4 Å². The molecular formula is C15H9F4N3O. The summed E-state index contributed by atoms with van der Waals surface area (Å²) in [6.45, 7) is -0.399. The maximum atomic E-state index is 13.5. The zero-order valence-electron chi connectivity index (χ0n) is 11.5. The van der Waals surface area contributed by atoms with E-state index in [9.17, 15) is 17.6 Å². The summed E-state index contributed by atoms with van der Waals surface area (Å²) in [6, 6.07) is 9.02. The van der Waals surface area contributed by atoms with Crippen LogP contribution in [0.4, 0.5) is 17.6 Å². The van der Waals surface area contributed by atoms with Crippen LogP contribution in [-0.4, -0.2) is 15.0 Å². The van der Waals surface area contributed by atoms with E-state index in [1.165, 1.54) is 11.0 Å². The largest absolute Gasteiger partial charge is 0.481 e. The Bertz CT molecular complexity index is 810. The van der Waals surface area contributed by atoms with Crippen LogP contribution in [0.2, 0.25) is 0 Å². The molecule has 23 heavy (non-hydrogen) atoms. The van der Waals surface area contributed by atoms with E-state index < -0.39 is 35.6 Å². The first-order valence-corrected chi connectivity index (χ1v) is 6.48. The van der Waals surface area contributed by atoms with Crippen molar-refractivity contribution in [1.82, 2.24) is 15.0 Å². The van der Waals surface area contributed by atoms with E-state index in [4.69, 9.17) is 4.74 Å². The van der Waals surface area contributed by atoms with Crippen molar-refractivity contribution >= 4 is 0 Å². The number of ether oxygens (including phenoxy) is 1. The zero-order chi connectivity index (χ0) is 16.4. The molecule has 3 rings (SSSR count). The highest BCUT2D eigenvalue weighted by Gasteiger charge is 2.21. The molecule has 0 fully saturated rings. The van der Waals surface area contributed by atoms with Gasteiger partial charge < -0.3 is 4.74 Å². The van der Waals surface area contributed by atoms with Gasteiger partial charge in [0, 0.05) is 6.07 Å². The van der Waals surface area contributed by atoms with Crippen molar-refractivity contribution in [2.24, 2.45) is 0 Å². The normalized spacial score (nSPS) is 10.8. The number of para-hydroxylation sites is 1. The molecule has 0 amide bonds. The van der Waals surface area contributed by atoms with Gasteiger partial charge in [-0.1, -0.05) is 18.2 Å². The molecule has 1 heterocycles. The molecule has 0 atom stereocenters. The third kappa shape index (κ3) is 3.01. The van der Waals surface area contributed by atoms with Gasteiger partial charge >= 0.3 is 0 Å². The lowest BCUT2D eigenvalue weighted by Gasteiger charge is -2.07. The number of hydrogen-bond donors (Lipinski definition) is 0. The Morgan fingerprint density at radius 1 is 0.957 bits per heavy atom. The number of rotatable bonds is 4. The fraction of sp³-hybridized carbons (Fsp3) is 0.0667. The molecule has 0 spiro atoms. The van der Waals surface area contributed by atoms with Gasteiger partial charge in [0.05, 0.1) is 11.9 Å². The van der Waals surface area contributed by atoms with E-state index in [0.29, 0.717) is 5.69 Å². The molecule has 0 saturated carbocycles. The number of nitrogens with zero attached hydrogens (tertiary/aromatic N) is 3. The van der Waals surface area contributed by atoms with Crippen molar-refractivity contribution in [3.63, 3.8) is 0 Å². The number of aromatic nitrogens is 3. The van der Waals surface area contributed by atoms with Crippen LogP contribution in [0.1, 0.15) is 5.69 Å². The number of hydrogen-bond acceptors (Lipinski definition) is 3. The molecule has 0 N–H and O–H groups in total.